The number of nitrogens with two attached hydrogens (primary N) is 1. The van der Waals surface area contributed by atoms with E-state index in [1.165, 1.54) is 17.7 Å². The standard InChI is InChI=1S/C16H20FN3/c1-20(9-6-13-4-7-19-8-5-13)12-14-2-3-16(17)10-15(14)11-18/h2-5,7-8,10H,6,9,11-12,18H2,1H3. The van der Waals surface area contributed by atoms with Crippen molar-refractivity contribution < 1.29 is 4.39 Å². The van der Waals surface area contributed by atoms with Crippen LogP contribution in [-0.4, -0.2) is 23.5 Å². The Balaban J connectivity index is 1.93. The maximum Gasteiger partial charge on any atom is 0.123 e. The minimum absolute atomic E-state index is 0.228. The molecule has 106 valence electrons. The zero-order valence-corrected chi connectivity index (χ0v) is 11.7. The number of pyridine rings is 1. The number of hydrogen-bond acceptors (Lipinski definition) is 3. The lowest BCUT2D eigenvalue weighted by Crippen LogP contribution is -2.22. The molecule has 0 aliphatic carbocycles. The molecule has 3 nitrogen and oxygen atoms in total. The van der Waals surface area contributed by atoms with Crippen molar-refractivity contribution >= 4 is 0 Å². The lowest BCUT2D eigenvalue weighted by molar-refractivity contribution is 0.330. The van der Waals surface area contributed by atoms with E-state index in [9.17, 15) is 4.39 Å². The number of benzene rings is 1. The van der Waals surface area contributed by atoms with E-state index in [-0.39, 0.29) is 5.82 Å². The van der Waals surface area contributed by atoms with Gasteiger partial charge in [0.1, 0.15) is 5.82 Å². The minimum atomic E-state index is -0.228. The molecule has 1 aromatic heterocycles. The maximum atomic E-state index is 13.2. The van der Waals surface area contributed by atoms with Crippen molar-refractivity contribution in [3.8, 4) is 0 Å². The fourth-order valence-electron chi connectivity index (χ4n) is 2.18. The molecular weight excluding hydrogens is 253 g/mol. The molecule has 1 heterocycles. The fraction of sp³-hybridized carbons (Fsp3) is 0.312. The molecule has 1 aromatic carbocycles. The second-order valence-corrected chi connectivity index (χ2v) is 4.96. The van der Waals surface area contributed by atoms with Gasteiger partial charge in [-0.05, 0) is 54.4 Å². The van der Waals surface area contributed by atoms with Crippen LogP contribution in [0, 0.1) is 5.82 Å². The number of rotatable bonds is 6. The van der Waals surface area contributed by atoms with Gasteiger partial charge in [-0.15, -0.1) is 0 Å². The smallest absolute Gasteiger partial charge is 0.123 e. The maximum absolute atomic E-state index is 13.2. The van der Waals surface area contributed by atoms with Crippen molar-refractivity contribution in [1.82, 2.24) is 9.88 Å². The average molecular weight is 273 g/mol. The number of halogens is 1. The Morgan fingerprint density at radius 1 is 1.15 bits per heavy atom. The Bertz CT molecular complexity index is 543. The van der Waals surface area contributed by atoms with Crippen LogP contribution in [0.25, 0.3) is 0 Å². The van der Waals surface area contributed by atoms with Crippen molar-refractivity contribution in [2.75, 3.05) is 13.6 Å². The predicted octanol–water partition coefficient (Wildman–Crippen LogP) is 2.35. The molecule has 0 aliphatic heterocycles. The highest BCUT2D eigenvalue weighted by Crippen LogP contribution is 2.13. The third-order valence-corrected chi connectivity index (χ3v) is 3.36. The highest BCUT2D eigenvalue weighted by molar-refractivity contribution is 5.27. The molecule has 20 heavy (non-hydrogen) atoms. The number of hydrogen-bond donors (Lipinski definition) is 1. The van der Waals surface area contributed by atoms with Gasteiger partial charge in [0.15, 0.2) is 0 Å². The Morgan fingerprint density at radius 3 is 2.60 bits per heavy atom. The van der Waals surface area contributed by atoms with Crippen LogP contribution < -0.4 is 5.73 Å². The van der Waals surface area contributed by atoms with Crippen molar-refractivity contribution in [3.05, 3.63) is 65.2 Å². The van der Waals surface area contributed by atoms with Gasteiger partial charge in [-0.25, -0.2) is 4.39 Å². The normalized spacial score (nSPS) is 11.0. The van der Waals surface area contributed by atoms with Crippen LogP contribution in [0.2, 0.25) is 0 Å². The third-order valence-electron chi connectivity index (χ3n) is 3.36. The average Bonchev–Trinajstić information content (AvgIpc) is 2.48. The summed E-state index contributed by atoms with van der Waals surface area (Å²) in [6, 6.07) is 8.88. The Kier molecular flexibility index (Phi) is 5.21. The van der Waals surface area contributed by atoms with Gasteiger partial charge in [-0.3, -0.25) is 4.98 Å². The molecule has 0 fully saturated rings. The van der Waals surface area contributed by atoms with Crippen LogP contribution in [0.5, 0.6) is 0 Å². The summed E-state index contributed by atoms with van der Waals surface area (Å²) < 4.78 is 13.2. The zero-order chi connectivity index (χ0) is 14.4. The van der Waals surface area contributed by atoms with Crippen molar-refractivity contribution in [1.29, 1.82) is 0 Å². The van der Waals surface area contributed by atoms with Crippen molar-refractivity contribution in [2.45, 2.75) is 19.5 Å². The first-order chi connectivity index (χ1) is 9.69. The first-order valence-corrected chi connectivity index (χ1v) is 6.74. The molecule has 0 atom stereocenters. The van der Waals surface area contributed by atoms with Crippen molar-refractivity contribution in [2.24, 2.45) is 5.73 Å². The zero-order valence-electron chi connectivity index (χ0n) is 11.7. The molecular formula is C16H20FN3. The Morgan fingerprint density at radius 2 is 1.90 bits per heavy atom. The Labute approximate surface area is 119 Å². The van der Waals surface area contributed by atoms with E-state index < -0.39 is 0 Å². The predicted molar refractivity (Wildman–Crippen MR) is 78.6 cm³/mol. The molecule has 2 N–H and O–H groups in total. The molecule has 0 saturated carbocycles. The molecule has 0 spiro atoms. The largest absolute Gasteiger partial charge is 0.326 e. The van der Waals surface area contributed by atoms with Crippen LogP contribution in [-0.2, 0) is 19.5 Å². The van der Waals surface area contributed by atoms with Crippen LogP contribution in [0.15, 0.2) is 42.7 Å². The minimum Gasteiger partial charge on any atom is -0.326 e. The topological polar surface area (TPSA) is 42.2 Å². The van der Waals surface area contributed by atoms with Crippen LogP contribution in [0.3, 0.4) is 0 Å². The van der Waals surface area contributed by atoms with E-state index in [1.807, 2.05) is 30.6 Å². The quantitative estimate of drug-likeness (QED) is 0.878. The summed E-state index contributed by atoms with van der Waals surface area (Å²) in [5.41, 5.74) is 8.90. The van der Waals surface area contributed by atoms with Gasteiger partial charge >= 0.3 is 0 Å². The Hall–Kier alpha value is -1.78. The molecule has 0 aliphatic rings. The highest BCUT2D eigenvalue weighted by atomic mass is 19.1. The molecule has 0 saturated heterocycles. The lowest BCUT2D eigenvalue weighted by Gasteiger charge is -2.18. The van der Waals surface area contributed by atoms with E-state index in [1.54, 1.807) is 0 Å². The summed E-state index contributed by atoms with van der Waals surface area (Å²) in [6.07, 6.45) is 4.59. The summed E-state index contributed by atoms with van der Waals surface area (Å²) in [4.78, 5) is 6.22. The molecule has 2 rings (SSSR count). The monoisotopic (exact) mass is 273 g/mol. The van der Waals surface area contributed by atoms with Gasteiger partial charge < -0.3 is 10.6 Å². The van der Waals surface area contributed by atoms with Gasteiger partial charge in [0.25, 0.3) is 0 Å². The van der Waals surface area contributed by atoms with Gasteiger partial charge in [0, 0.05) is 32.0 Å². The fourth-order valence-corrected chi connectivity index (χ4v) is 2.18. The van der Waals surface area contributed by atoms with E-state index in [0.717, 1.165) is 30.6 Å². The van der Waals surface area contributed by atoms with Crippen LogP contribution in [0.4, 0.5) is 4.39 Å². The lowest BCUT2D eigenvalue weighted by atomic mass is 10.1. The highest BCUT2D eigenvalue weighted by Gasteiger charge is 2.06. The van der Waals surface area contributed by atoms with Gasteiger partial charge in [-0.1, -0.05) is 6.07 Å². The molecule has 2 aromatic rings. The molecule has 0 bridgehead atoms. The first-order valence-electron chi connectivity index (χ1n) is 6.74. The summed E-state index contributed by atoms with van der Waals surface area (Å²) in [5.74, 6) is -0.228. The summed E-state index contributed by atoms with van der Waals surface area (Å²) >= 11 is 0. The van der Waals surface area contributed by atoms with E-state index in [4.69, 9.17) is 5.73 Å². The van der Waals surface area contributed by atoms with Gasteiger partial charge in [0.05, 0.1) is 0 Å². The second-order valence-electron chi connectivity index (χ2n) is 4.96. The van der Waals surface area contributed by atoms with E-state index in [0.29, 0.717) is 6.54 Å². The molecule has 0 radical (unpaired) electrons. The molecule has 0 unspecified atom stereocenters. The molecule has 0 amide bonds. The summed E-state index contributed by atoms with van der Waals surface area (Å²) in [7, 11) is 2.06. The van der Waals surface area contributed by atoms with Crippen molar-refractivity contribution in [3.63, 3.8) is 0 Å². The van der Waals surface area contributed by atoms with E-state index >= 15 is 0 Å². The first kappa shape index (κ1) is 14.6. The van der Waals surface area contributed by atoms with Crippen LogP contribution in [0.1, 0.15) is 16.7 Å². The summed E-state index contributed by atoms with van der Waals surface area (Å²) in [6.45, 7) is 2.08. The number of aromatic nitrogens is 1. The van der Waals surface area contributed by atoms with Gasteiger partial charge in [0.2, 0.25) is 0 Å². The third kappa shape index (κ3) is 4.11. The SMILES string of the molecule is CN(CCc1ccncc1)Cc1ccc(F)cc1CN. The van der Waals surface area contributed by atoms with E-state index in [2.05, 4.69) is 16.9 Å². The number of likely N-dealkylation sites (N-methyl/N-ethyl adjacent to an activating group) is 1. The number of nitrogens with zero attached hydrogens (tertiary/aromatic N) is 2. The second kappa shape index (κ2) is 7.12. The summed E-state index contributed by atoms with van der Waals surface area (Å²) in [5, 5.41) is 0. The van der Waals surface area contributed by atoms with Gasteiger partial charge in [-0.2, -0.15) is 0 Å². The molecule has 4 heteroatoms. The van der Waals surface area contributed by atoms with Crippen LogP contribution >= 0.6 is 0 Å².